The minimum absolute atomic E-state index is 0.130. The standard InChI is InChI=1S/C40H54ClN3O7S/c1-25-6-4-8-34(39-49-21-31(22-50-39)43-19-32(20-43)48-3)33-12-9-29(33)18-44-23-40(15-5-7-27-16-30(41)11-13-35(27)40)24-51-37-14-10-28(17-36(37)44)38(45)42-52(46,47)26(25)2/h10-11,13-14,16-17,25-26,29,31-34,39H,4-9,12,15,18-24H2,1-3H3,(H,42,45)/t25-,26+,29-,31?,33+,34-,39?,40-/m0/s1. The maximum Gasteiger partial charge on any atom is 0.264 e. The number of hydrogen-bond acceptors (Lipinski definition) is 9. The van der Waals surface area contributed by atoms with E-state index in [9.17, 15) is 13.2 Å². The van der Waals surface area contributed by atoms with Gasteiger partial charge in [-0.3, -0.25) is 9.69 Å². The summed E-state index contributed by atoms with van der Waals surface area (Å²) < 4.78 is 54.9. The van der Waals surface area contributed by atoms with E-state index in [1.54, 1.807) is 20.1 Å². The second-order valence-electron chi connectivity index (χ2n) is 16.5. The first-order valence-electron chi connectivity index (χ1n) is 19.4. The van der Waals surface area contributed by atoms with Gasteiger partial charge in [-0.25, -0.2) is 13.1 Å². The van der Waals surface area contributed by atoms with Crippen LogP contribution in [0.4, 0.5) is 5.69 Å². The van der Waals surface area contributed by atoms with Gasteiger partial charge < -0.3 is 23.8 Å². The van der Waals surface area contributed by atoms with Crippen LogP contribution in [0.1, 0.15) is 80.3 Å². The van der Waals surface area contributed by atoms with E-state index >= 15 is 0 Å². The van der Waals surface area contributed by atoms with Gasteiger partial charge in [-0.15, -0.1) is 0 Å². The molecule has 2 aliphatic carbocycles. The van der Waals surface area contributed by atoms with Crippen LogP contribution in [0.25, 0.3) is 0 Å². The molecule has 2 aromatic rings. The number of aryl methyl sites for hydroxylation is 1. The maximum absolute atomic E-state index is 13.6. The summed E-state index contributed by atoms with van der Waals surface area (Å²) in [5.74, 6) is 1.00. The number of carbonyl (C=O) groups excluding carboxylic acids is 1. The number of rotatable bonds is 3. The third-order valence-corrected chi connectivity index (χ3v) is 15.6. The summed E-state index contributed by atoms with van der Waals surface area (Å²) in [6.45, 7) is 8.85. The van der Waals surface area contributed by atoms with Crippen molar-refractivity contribution in [3.63, 3.8) is 0 Å². The van der Waals surface area contributed by atoms with Gasteiger partial charge in [-0.1, -0.05) is 31.0 Å². The second-order valence-corrected chi connectivity index (χ2v) is 19.0. The zero-order valence-corrected chi connectivity index (χ0v) is 32.3. The summed E-state index contributed by atoms with van der Waals surface area (Å²) in [7, 11) is -2.15. The van der Waals surface area contributed by atoms with Crippen LogP contribution in [-0.2, 0) is 36.1 Å². The lowest BCUT2D eigenvalue weighted by Gasteiger charge is -2.50. The molecule has 52 heavy (non-hydrogen) atoms. The predicted molar refractivity (Wildman–Crippen MR) is 201 cm³/mol. The molecule has 2 aromatic carbocycles. The van der Waals surface area contributed by atoms with Gasteiger partial charge in [0.2, 0.25) is 10.0 Å². The van der Waals surface area contributed by atoms with E-state index in [0.29, 0.717) is 37.2 Å². The normalized spacial score (nSPS) is 35.6. The van der Waals surface area contributed by atoms with Crippen molar-refractivity contribution in [2.45, 2.75) is 94.3 Å². The van der Waals surface area contributed by atoms with E-state index in [1.165, 1.54) is 11.1 Å². The van der Waals surface area contributed by atoms with E-state index in [0.717, 1.165) is 94.0 Å². The molecule has 2 bridgehead atoms. The number of benzene rings is 2. The van der Waals surface area contributed by atoms with Crippen molar-refractivity contribution >= 4 is 33.2 Å². The smallest absolute Gasteiger partial charge is 0.264 e. The van der Waals surface area contributed by atoms with Gasteiger partial charge in [0.25, 0.3) is 5.91 Å². The van der Waals surface area contributed by atoms with Crippen molar-refractivity contribution in [2.75, 3.05) is 58.0 Å². The van der Waals surface area contributed by atoms with Gasteiger partial charge in [0.15, 0.2) is 6.29 Å². The summed E-state index contributed by atoms with van der Waals surface area (Å²) in [6, 6.07) is 11.9. The number of ether oxygens (including phenoxy) is 4. The van der Waals surface area contributed by atoms with Crippen LogP contribution in [0.5, 0.6) is 5.75 Å². The number of amides is 1. The molecule has 10 nitrogen and oxygen atoms in total. The summed E-state index contributed by atoms with van der Waals surface area (Å²) in [5.41, 5.74) is 3.47. The Morgan fingerprint density at radius 1 is 0.962 bits per heavy atom. The highest BCUT2D eigenvalue weighted by atomic mass is 35.5. The van der Waals surface area contributed by atoms with Crippen LogP contribution in [0.3, 0.4) is 0 Å². The number of nitrogens with zero attached hydrogens (tertiary/aromatic N) is 2. The van der Waals surface area contributed by atoms with Crippen molar-refractivity contribution in [1.82, 2.24) is 9.62 Å². The maximum atomic E-state index is 13.6. The van der Waals surface area contributed by atoms with Gasteiger partial charge in [0.05, 0.1) is 42.9 Å². The van der Waals surface area contributed by atoms with Crippen LogP contribution >= 0.6 is 11.6 Å². The number of halogens is 1. The molecular weight excluding hydrogens is 702 g/mol. The molecule has 4 aliphatic heterocycles. The van der Waals surface area contributed by atoms with Crippen LogP contribution in [0, 0.1) is 23.7 Å². The van der Waals surface area contributed by atoms with E-state index in [1.807, 2.05) is 25.1 Å². The molecule has 0 radical (unpaired) electrons. The molecule has 6 atom stereocenters. The fraction of sp³-hybridized carbons (Fsp3) is 0.675. The van der Waals surface area contributed by atoms with E-state index in [2.05, 4.69) is 26.7 Å². The van der Waals surface area contributed by atoms with Crippen LogP contribution in [0.2, 0.25) is 5.02 Å². The largest absolute Gasteiger partial charge is 0.490 e. The first kappa shape index (κ1) is 36.6. The van der Waals surface area contributed by atoms with Gasteiger partial charge in [-0.2, -0.15) is 0 Å². The summed E-state index contributed by atoms with van der Waals surface area (Å²) in [5, 5.41) is 0.0221. The summed E-state index contributed by atoms with van der Waals surface area (Å²) >= 11 is 6.49. The molecule has 6 aliphatic rings. The molecule has 3 fully saturated rings. The topological polar surface area (TPSA) is 107 Å². The molecule has 284 valence electrons. The fourth-order valence-electron chi connectivity index (χ4n) is 9.86. The van der Waals surface area contributed by atoms with Crippen molar-refractivity contribution in [3.05, 3.63) is 58.1 Å². The Balaban J connectivity index is 1.12. The Labute approximate surface area is 313 Å². The molecule has 2 saturated heterocycles. The van der Waals surface area contributed by atoms with E-state index < -0.39 is 21.2 Å². The summed E-state index contributed by atoms with van der Waals surface area (Å²) in [4.78, 5) is 18.4. The molecule has 0 unspecified atom stereocenters. The van der Waals surface area contributed by atoms with Crippen LogP contribution < -0.4 is 14.4 Å². The highest BCUT2D eigenvalue weighted by Crippen LogP contribution is 2.49. The number of hydrogen-bond donors (Lipinski definition) is 1. The van der Waals surface area contributed by atoms with Gasteiger partial charge in [0, 0.05) is 55.2 Å². The summed E-state index contributed by atoms with van der Waals surface area (Å²) in [6.07, 6.45) is 7.72. The van der Waals surface area contributed by atoms with Gasteiger partial charge in [0.1, 0.15) is 5.75 Å². The lowest BCUT2D eigenvalue weighted by atomic mass is 9.64. The molecular formula is C40H54ClN3O7S. The van der Waals surface area contributed by atoms with Crippen LogP contribution in [-0.4, -0.2) is 96.0 Å². The number of carbonyl (C=O) groups is 1. The Morgan fingerprint density at radius 3 is 2.52 bits per heavy atom. The van der Waals surface area contributed by atoms with E-state index in [4.69, 9.17) is 30.5 Å². The molecule has 1 N–H and O–H groups in total. The van der Waals surface area contributed by atoms with Crippen molar-refractivity contribution in [3.8, 4) is 5.75 Å². The molecule has 8 rings (SSSR count). The first-order chi connectivity index (χ1) is 25.0. The number of fused-ring (bicyclic) bond motifs is 4. The average molecular weight is 756 g/mol. The SMILES string of the molecule is COC1CN(C2COC([C@H]3CCC[C@H](C)[C@@H](C)S(=O)(=O)NC(=O)c4ccc5c(c4)N(C[C@@H]4CC[C@H]43)C[C@@]3(CCCc4cc(Cl)ccc43)CO5)OC2)C1. The lowest BCUT2D eigenvalue weighted by molar-refractivity contribution is -0.251. The number of likely N-dealkylation sites (tertiary alicyclic amines) is 1. The Morgan fingerprint density at radius 2 is 1.77 bits per heavy atom. The predicted octanol–water partition coefficient (Wildman–Crippen LogP) is 5.80. The molecule has 1 spiro atoms. The van der Waals surface area contributed by atoms with Gasteiger partial charge in [-0.05, 0) is 111 Å². The average Bonchev–Trinajstić information content (AvgIpc) is 3.25. The molecule has 1 saturated carbocycles. The Hall–Kier alpha value is -2.41. The second kappa shape index (κ2) is 14.7. The zero-order valence-electron chi connectivity index (χ0n) is 30.7. The number of sulfonamides is 1. The van der Waals surface area contributed by atoms with E-state index in [-0.39, 0.29) is 35.7 Å². The monoisotopic (exact) mass is 755 g/mol. The number of methoxy groups -OCH3 is 1. The highest BCUT2D eigenvalue weighted by molar-refractivity contribution is 7.90. The Kier molecular flexibility index (Phi) is 10.3. The minimum atomic E-state index is -3.91. The third kappa shape index (κ3) is 6.99. The molecule has 0 aromatic heterocycles. The molecule has 4 heterocycles. The number of anilines is 1. The number of nitrogens with one attached hydrogen (secondary N) is 1. The Bertz CT molecular complexity index is 1750. The van der Waals surface area contributed by atoms with Crippen molar-refractivity contribution in [1.29, 1.82) is 0 Å². The lowest BCUT2D eigenvalue weighted by Crippen LogP contribution is -2.61. The van der Waals surface area contributed by atoms with Crippen molar-refractivity contribution in [2.24, 2.45) is 23.7 Å². The van der Waals surface area contributed by atoms with Gasteiger partial charge >= 0.3 is 0 Å². The van der Waals surface area contributed by atoms with Crippen LogP contribution in [0.15, 0.2) is 36.4 Å². The fourth-order valence-corrected chi connectivity index (χ4v) is 11.4. The quantitative estimate of drug-likeness (QED) is 0.417. The molecule has 12 heteroatoms. The van der Waals surface area contributed by atoms with Crippen molar-refractivity contribution < 1.29 is 32.2 Å². The third-order valence-electron chi connectivity index (χ3n) is 13.5. The minimum Gasteiger partial charge on any atom is -0.490 e. The zero-order chi connectivity index (χ0) is 36.2. The highest BCUT2D eigenvalue weighted by Gasteiger charge is 2.47. The first-order valence-corrected chi connectivity index (χ1v) is 21.3. The molecule has 1 amide bonds.